The van der Waals surface area contributed by atoms with Crippen molar-refractivity contribution in [2.75, 3.05) is 12.8 Å². The van der Waals surface area contributed by atoms with Crippen LogP contribution in [-0.4, -0.2) is 11.8 Å². The van der Waals surface area contributed by atoms with Gasteiger partial charge in [0, 0.05) is 7.05 Å². The summed E-state index contributed by atoms with van der Waals surface area (Å²) in [5, 5.41) is 0. The Bertz CT molecular complexity index is 611. The van der Waals surface area contributed by atoms with Gasteiger partial charge in [0.1, 0.15) is 11.5 Å². The second kappa shape index (κ2) is 4.01. The highest BCUT2D eigenvalue weighted by atomic mass is 16.5. The van der Waals surface area contributed by atoms with E-state index in [2.05, 4.69) is 0 Å². The Morgan fingerprint density at radius 1 is 1.41 bits per heavy atom. The van der Waals surface area contributed by atoms with Gasteiger partial charge in [-0.05, 0) is 24.6 Å². The zero-order valence-corrected chi connectivity index (χ0v) is 9.98. The number of rotatable bonds is 2. The summed E-state index contributed by atoms with van der Waals surface area (Å²) in [7, 11) is 3.11. The van der Waals surface area contributed by atoms with Gasteiger partial charge >= 0.3 is 0 Å². The highest BCUT2D eigenvalue weighted by Gasteiger charge is 2.15. The number of hydrogen-bond acceptors (Lipinski definition) is 4. The molecule has 1 heterocycles. The van der Waals surface area contributed by atoms with E-state index < -0.39 is 0 Å². The monoisotopic (exact) mass is 234 g/mol. The van der Waals surface area contributed by atoms with Crippen LogP contribution >= 0.6 is 0 Å². The second-order valence-electron chi connectivity index (χ2n) is 3.78. The minimum Gasteiger partial charge on any atom is -0.495 e. The highest BCUT2D eigenvalue weighted by Crippen LogP contribution is 2.28. The lowest BCUT2D eigenvalue weighted by Crippen LogP contribution is -2.11. The SMILES string of the molecule is COc1cc(-c2c(C)on(C)c2=O)ccc1N. The molecule has 0 atom stereocenters. The first-order chi connectivity index (χ1) is 8.04. The number of aryl methyl sites for hydroxylation is 2. The summed E-state index contributed by atoms with van der Waals surface area (Å²) < 4.78 is 11.6. The third-order valence-electron chi connectivity index (χ3n) is 2.65. The minimum absolute atomic E-state index is 0.172. The molecular formula is C12H14N2O3. The van der Waals surface area contributed by atoms with Crippen molar-refractivity contribution in [2.24, 2.45) is 7.05 Å². The van der Waals surface area contributed by atoms with Gasteiger partial charge in [-0.3, -0.25) is 4.79 Å². The summed E-state index contributed by atoms with van der Waals surface area (Å²) in [5.74, 6) is 1.12. The first-order valence-electron chi connectivity index (χ1n) is 5.15. The van der Waals surface area contributed by atoms with Crippen LogP contribution in [0.4, 0.5) is 5.69 Å². The molecule has 5 heteroatoms. The van der Waals surface area contributed by atoms with Crippen LogP contribution < -0.4 is 16.0 Å². The Hall–Kier alpha value is -2.17. The van der Waals surface area contributed by atoms with Crippen molar-refractivity contribution in [1.29, 1.82) is 0 Å². The van der Waals surface area contributed by atoms with Crippen LogP contribution in [0.1, 0.15) is 5.76 Å². The number of methoxy groups -OCH3 is 1. The largest absolute Gasteiger partial charge is 0.495 e. The van der Waals surface area contributed by atoms with Crippen molar-refractivity contribution in [3.05, 3.63) is 34.3 Å². The first-order valence-corrected chi connectivity index (χ1v) is 5.15. The molecule has 0 amide bonds. The molecular weight excluding hydrogens is 220 g/mol. The first kappa shape index (κ1) is 11.3. The van der Waals surface area contributed by atoms with Gasteiger partial charge in [-0.1, -0.05) is 6.07 Å². The minimum atomic E-state index is -0.172. The number of nitrogens with two attached hydrogens (primary N) is 1. The molecule has 0 aliphatic rings. The van der Waals surface area contributed by atoms with E-state index in [4.69, 9.17) is 15.0 Å². The quantitative estimate of drug-likeness (QED) is 0.800. The van der Waals surface area contributed by atoms with E-state index in [0.29, 0.717) is 22.8 Å². The third-order valence-corrected chi connectivity index (χ3v) is 2.65. The summed E-state index contributed by atoms with van der Waals surface area (Å²) in [5.41, 5.74) is 7.36. The van der Waals surface area contributed by atoms with Crippen molar-refractivity contribution < 1.29 is 9.26 Å². The van der Waals surface area contributed by atoms with Gasteiger partial charge in [0.25, 0.3) is 5.56 Å². The molecule has 17 heavy (non-hydrogen) atoms. The molecule has 0 fully saturated rings. The molecule has 1 aromatic heterocycles. The lowest BCUT2D eigenvalue weighted by molar-refractivity contribution is 0.283. The Morgan fingerprint density at radius 2 is 2.12 bits per heavy atom. The van der Waals surface area contributed by atoms with Crippen LogP contribution in [0.5, 0.6) is 5.75 Å². The van der Waals surface area contributed by atoms with Crippen LogP contribution in [0.3, 0.4) is 0 Å². The molecule has 0 radical (unpaired) electrons. The molecule has 0 saturated heterocycles. The lowest BCUT2D eigenvalue weighted by atomic mass is 10.1. The van der Waals surface area contributed by atoms with E-state index in [9.17, 15) is 4.79 Å². The molecule has 0 bridgehead atoms. The summed E-state index contributed by atoms with van der Waals surface area (Å²) >= 11 is 0. The molecule has 0 spiro atoms. The van der Waals surface area contributed by atoms with E-state index in [1.165, 1.54) is 11.8 Å². The number of anilines is 1. The normalized spacial score (nSPS) is 10.5. The molecule has 1 aromatic carbocycles. The van der Waals surface area contributed by atoms with Crippen molar-refractivity contribution in [1.82, 2.24) is 4.74 Å². The van der Waals surface area contributed by atoms with Crippen LogP contribution in [0.2, 0.25) is 0 Å². The number of aromatic nitrogens is 1. The Balaban J connectivity index is 2.65. The van der Waals surface area contributed by atoms with Crippen LogP contribution in [0.25, 0.3) is 11.1 Å². The highest BCUT2D eigenvalue weighted by molar-refractivity contribution is 5.70. The molecule has 2 aromatic rings. The second-order valence-corrected chi connectivity index (χ2v) is 3.78. The molecule has 90 valence electrons. The number of nitrogen functional groups attached to an aromatic ring is 1. The summed E-state index contributed by atoms with van der Waals surface area (Å²) in [6.45, 7) is 1.75. The van der Waals surface area contributed by atoms with Gasteiger partial charge in [0.2, 0.25) is 0 Å². The van der Waals surface area contributed by atoms with Gasteiger partial charge < -0.3 is 15.0 Å². The summed E-state index contributed by atoms with van der Waals surface area (Å²) in [6, 6.07) is 5.21. The van der Waals surface area contributed by atoms with Gasteiger partial charge in [-0.15, -0.1) is 0 Å². The van der Waals surface area contributed by atoms with Crippen molar-refractivity contribution in [2.45, 2.75) is 6.92 Å². The van der Waals surface area contributed by atoms with E-state index in [1.54, 1.807) is 32.2 Å². The van der Waals surface area contributed by atoms with Gasteiger partial charge in [0.05, 0.1) is 18.4 Å². The average Bonchev–Trinajstić information content (AvgIpc) is 2.55. The third kappa shape index (κ3) is 1.80. The molecule has 5 nitrogen and oxygen atoms in total. The standard InChI is InChI=1S/C12H14N2O3/c1-7-11(12(15)14(2)17-7)8-4-5-9(13)10(6-8)16-3/h4-6H,13H2,1-3H3. The number of benzene rings is 1. The fourth-order valence-corrected chi connectivity index (χ4v) is 1.79. The van der Waals surface area contributed by atoms with E-state index >= 15 is 0 Å². The predicted molar refractivity (Wildman–Crippen MR) is 65.1 cm³/mol. The van der Waals surface area contributed by atoms with Crippen molar-refractivity contribution in [3.63, 3.8) is 0 Å². The van der Waals surface area contributed by atoms with Crippen LogP contribution in [-0.2, 0) is 7.05 Å². The maximum atomic E-state index is 11.9. The number of hydrogen-bond donors (Lipinski definition) is 1. The topological polar surface area (TPSA) is 70.4 Å². The molecule has 2 N–H and O–H groups in total. The van der Waals surface area contributed by atoms with E-state index in [-0.39, 0.29) is 5.56 Å². The van der Waals surface area contributed by atoms with Gasteiger partial charge in [0.15, 0.2) is 0 Å². The average molecular weight is 234 g/mol. The van der Waals surface area contributed by atoms with Crippen molar-refractivity contribution >= 4 is 5.69 Å². The van der Waals surface area contributed by atoms with Gasteiger partial charge in [-0.2, -0.15) is 4.74 Å². The Morgan fingerprint density at radius 3 is 2.65 bits per heavy atom. The summed E-state index contributed by atoms with van der Waals surface area (Å²) in [4.78, 5) is 11.9. The lowest BCUT2D eigenvalue weighted by Gasteiger charge is -2.05. The summed E-state index contributed by atoms with van der Waals surface area (Å²) in [6.07, 6.45) is 0. The van der Waals surface area contributed by atoms with Crippen molar-refractivity contribution in [3.8, 4) is 16.9 Å². The maximum Gasteiger partial charge on any atom is 0.290 e. The molecule has 0 aliphatic heterocycles. The number of nitrogens with zero attached hydrogens (tertiary/aromatic N) is 1. The smallest absolute Gasteiger partial charge is 0.290 e. The zero-order valence-electron chi connectivity index (χ0n) is 9.98. The van der Waals surface area contributed by atoms with Gasteiger partial charge in [-0.25, -0.2) is 0 Å². The molecule has 2 rings (SSSR count). The fourth-order valence-electron chi connectivity index (χ4n) is 1.79. The maximum absolute atomic E-state index is 11.9. The van der Waals surface area contributed by atoms with E-state index in [1.807, 2.05) is 0 Å². The number of ether oxygens (including phenoxy) is 1. The van der Waals surface area contributed by atoms with Crippen LogP contribution in [0, 0.1) is 6.92 Å². The zero-order chi connectivity index (χ0) is 12.6. The Labute approximate surface area is 98.4 Å². The molecule has 0 aliphatic carbocycles. The van der Waals surface area contributed by atoms with Crippen LogP contribution in [0.15, 0.2) is 27.5 Å². The van der Waals surface area contributed by atoms with E-state index in [0.717, 1.165) is 5.56 Å². The molecule has 0 saturated carbocycles. The Kier molecular flexibility index (Phi) is 2.67. The predicted octanol–water partition coefficient (Wildman–Crippen LogP) is 1.54. The fraction of sp³-hybridized carbons (Fsp3) is 0.250. The molecule has 0 unspecified atom stereocenters.